The first kappa shape index (κ1) is 37.8. The van der Waals surface area contributed by atoms with E-state index in [2.05, 4.69) is 155 Å². The molecule has 0 saturated heterocycles. The molecular weight excluding hydrogens is 743 g/mol. The van der Waals surface area contributed by atoms with Crippen molar-refractivity contribution in [2.45, 2.75) is 114 Å². The van der Waals surface area contributed by atoms with E-state index in [1.807, 2.05) is 0 Å². The molecule has 2 unspecified atom stereocenters. The maximum atomic E-state index is 8.80. The molecule has 2 aliphatic carbocycles. The van der Waals surface area contributed by atoms with Crippen LogP contribution in [0.1, 0.15) is 129 Å². The minimum atomic E-state index is -4.89. The van der Waals surface area contributed by atoms with Gasteiger partial charge in [0.2, 0.25) is 0 Å². The van der Waals surface area contributed by atoms with Gasteiger partial charge in [0.15, 0.2) is 0 Å². The second kappa shape index (κ2) is 13.8. The first-order chi connectivity index (χ1) is 23.5. The van der Waals surface area contributed by atoms with Gasteiger partial charge in [-0.15, -0.1) is 0 Å². The molecule has 0 heterocycles. The van der Waals surface area contributed by atoms with Crippen molar-refractivity contribution >= 4 is 35.1 Å². The van der Waals surface area contributed by atoms with Gasteiger partial charge in [0.25, 0.3) is 0 Å². The van der Waals surface area contributed by atoms with Crippen LogP contribution in [-0.2, 0) is 15.6 Å². The Balaban J connectivity index is 1.66. The number of halogens is 2. The average Bonchev–Trinajstić information content (AvgIpc) is 3.62. The van der Waals surface area contributed by atoms with Gasteiger partial charge in [-0.25, -0.2) is 0 Å². The Kier molecular flexibility index (Phi) is 10.4. The number of hydrogen-bond donors (Lipinski definition) is 0. The molecule has 0 spiro atoms. The quantitative estimate of drug-likeness (QED) is 0.148. The summed E-state index contributed by atoms with van der Waals surface area (Å²) in [6.45, 7) is 27.8. The van der Waals surface area contributed by atoms with E-state index < -0.39 is 21.5 Å². The van der Waals surface area contributed by atoms with Crippen molar-refractivity contribution in [1.82, 2.24) is 0 Å². The van der Waals surface area contributed by atoms with Crippen LogP contribution < -0.4 is 0 Å². The first-order valence-corrected chi connectivity index (χ1v) is 35.3. The molecule has 50 heavy (non-hydrogen) atoms. The third-order valence-corrected chi connectivity index (χ3v) is 63.8. The van der Waals surface area contributed by atoms with Crippen LogP contribution in [0.5, 0.6) is 0 Å². The van der Waals surface area contributed by atoms with Crippen LogP contribution in [0.2, 0.25) is 13.1 Å². The fourth-order valence-corrected chi connectivity index (χ4v) is 41.4. The Morgan fingerprint density at radius 1 is 0.580 bits per heavy atom. The van der Waals surface area contributed by atoms with Gasteiger partial charge in [0.1, 0.15) is 0 Å². The number of aryl methyl sites for hydroxylation is 4. The van der Waals surface area contributed by atoms with Crippen molar-refractivity contribution in [3.8, 4) is 22.3 Å². The molecule has 0 amide bonds. The molecule has 4 aromatic rings. The molecule has 0 aromatic heterocycles. The number of hydrogen-bond acceptors (Lipinski definition) is 0. The van der Waals surface area contributed by atoms with Crippen LogP contribution in [0.3, 0.4) is 0 Å². The molecule has 0 nitrogen and oxygen atoms in total. The summed E-state index contributed by atoms with van der Waals surface area (Å²) in [5.74, 6) is -0.860. The third kappa shape index (κ3) is 6.07. The Morgan fingerprint density at radius 2 is 0.920 bits per heavy atom. The Morgan fingerprint density at radius 3 is 1.20 bits per heavy atom. The van der Waals surface area contributed by atoms with Crippen molar-refractivity contribution in [2.24, 2.45) is 0 Å². The summed E-state index contributed by atoms with van der Waals surface area (Å²) in [5.41, 5.74) is 21.8. The zero-order chi connectivity index (χ0) is 36.5. The topological polar surface area (TPSA) is 0 Å². The predicted molar refractivity (Wildman–Crippen MR) is 223 cm³/mol. The Bertz CT molecular complexity index is 1880. The molecule has 0 radical (unpaired) electrons. The summed E-state index contributed by atoms with van der Waals surface area (Å²) in [6, 6.07) is 23.7. The summed E-state index contributed by atoms with van der Waals surface area (Å²) in [6.07, 6.45) is 6.97. The van der Waals surface area contributed by atoms with E-state index in [4.69, 9.17) is 17.0 Å². The maximum absolute atomic E-state index is 8.80. The van der Waals surface area contributed by atoms with Crippen molar-refractivity contribution < 1.29 is 15.6 Å². The Hall–Kier alpha value is -1.96. The van der Waals surface area contributed by atoms with E-state index in [1.165, 1.54) is 89.0 Å². The molecule has 2 aliphatic rings. The number of rotatable bonds is 9. The van der Waals surface area contributed by atoms with Crippen molar-refractivity contribution in [2.75, 3.05) is 0 Å². The van der Waals surface area contributed by atoms with Gasteiger partial charge >= 0.3 is 315 Å². The second-order valence-electron chi connectivity index (χ2n) is 16.5. The summed E-state index contributed by atoms with van der Waals surface area (Å²) in [4.78, 5) is 0. The molecule has 0 N–H and O–H groups in total. The molecule has 4 heteroatoms. The zero-order valence-electron chi connectivity index (χ0n) is 32.5. The summed E-state index contributed by atoms with van der Waals surface area (Å²) >= 11 is -4.89. The van der Waals surface area contributed by atoms with Gasteiger partial charge in [-0.1, -0.05) is 0 Å². The molecule has 2 atom stereocenters. The van der Waals surface area contributed by atoms with E-state index >= 15 is 0 Å². The van der Waals surface area contributed by atoms with E-state index in [0.717, 1.165) is 12.8 Å². The van der Waals surface area contributed by atoms with Gasteiger partial charge in [-0.05, 0) is 0 Å². The molecule has 0 fully saturated rings. The van der Waals surface area contributed by atoms with E-state index in [1.54, 1.807) is 0 Å². The van der Waals surface area contributed by atoms with Crippen molar-refractivity contribution in [3.63, 3.8) is 0 Å². The molecule has 4 aromatic carbocycles. The molecule has 0 aliphatic heterocycles. The first-order valence-electron chi connectivity index (χ1n) is 19.0. The van der Waals surface area contributed by atoms with Crippen LogP contribution in [0.15, 0.2) is 71.8 Å². The van der Waals surface area contributed by atoms with Crippen LogP contribution in [0.25, 0.3) is 34.4 Å². The summed E-state index contributed by atoms with van der Waals surface area (Å²) in [7, 11) is 17.6. The fourth-order valence-electron chi connectivity index (χ4n) is 9.65. The molecular formula is C46H57Cl2SiZr. The van der Waals surface area contributed by atoms with Gasteiger partial charge in [-0.2, -0.15) is 0 Å². The van der Waals surface area contributed by atoms with Gasteiger partial charge in [0, 0.05) is 0 Å². The average molecular weight is 800 g/mol. The third-order valence-electron chi connectivity index (χ3n) is 11.9. The Labute approximate surface area is 312 Å². The number of allylic oxidation sites excluding steroid dienone is 2. The normalized spacial score (nSPS) is 18.0. The van der Waals surface area contributed by atoms with Gasteiger partial charge < -0.3 is 0 Å². The van der Waals surface area contributed by atoms with Crippen LogP contribution in [-0.4, -0.2) is 5.92 Å². The zero-order valence-corrected chi connectivity index (χ0v) is 37.6. The summed E-state index contributed by atoms with van der Waals surface area (Å²) in [5, 5.41) is 0. The predicted octanol–water partition coefficient (Wildman–Crippen LogP) is 14.9. The number of benzene rings is 4. The SMILES string of the molecule is CCC1=Cc2c(ccc(C(C)C)c2-c2cc(C)cc(C)c2)[CH]1[Zr]([Cl])([Cl])([CH]1C(CC)=Cc2c1ccc(C(C)C)c2-c1cc(C)cc(C)c1)[SiH](C)C. The number of fused-ring (bicyclic) bond motifs is 2. The van der Waals surface area contributed by atoms with Gasteiger partial charge in [-0.3, -0.25) is 0 Å². The van der Waals surface area contributed by atoms with E-state index in [-0.39, 0.29) is 7.25 Å². The summed E-state index contributed by atoms with van der Waals surface area (Å²) < 4.78 is 0.190. The fraction of sp³-hybridized carbons (Fsp3) is 0.391. The van der Waals surface area contributed by atoms with Crippen molar-refractivity contribution in [3.05, 3.63) is 127 Å². The van der Waals surface area contributed by atoms with Crippen LogP contribution in [0, 0.1) is 27.7 Å². The van der Waals surface area contributed by atoms with Crippen LogP contribution in [0.4, 0.5) is 0 Å². The second-order valence-corrected chi connectivity index (χ2v) is 59.0. The van der Waals surface area contributed by atoms with Crippen molar-refractivity contribution in [1.29, 1.82) is 0 Å². The van der Waals surface area contributed by atoms with E-state index in [0.29, 0.717) is 11.8 Å². The minimum absolute atomic E-state index is 0.0950. The molecule has 6 rings (SSSR count). The molecule has 0 bridgehead atoms. The van der Waals surface area contributed by atoms with Gasteiger partial charge in [0.05, 0.1) is 0 Å². The standard InChI is InChI=1S/2C22H25.C2H7Si.2ClH.Zr/c2*1-6-17-12-18-7-8-20(14(2)3)22(21(18)13-17)19-10-15(4)9-16(5)11-19;1-3-2;;;/h2*7-14H,6H2,1-5H3;3H,1-2H3;2*1H;/q;;;;;+2/p-2. The molecule has 0 saturated carbocycles. The monoisotopic (exact) mass is 797 g/mol. The van der Waals surface area contributed by atoms with Crippen LogP contribution >= 0.6 is 17.0 Å². The molecule has 263 valence electrons. The van der Waals surface area contributed by atoms with E-state index in [9.17, 15) is 0 Å².